The van der Waals surface area contributed by atoms with Crippen LogP contribution in [-0.2, 0) is 9.53 Å². The minimum absolute atomic E-state index is 0.344. The third-order valence-corrected chi connectivity index (χ3v) is 5.25. The zero-order valence-electron chi connectivity index (χ0n) is 14.9. The fourth-order valence-corrected chi connectivity index (χ4v) is 4.50. The highest BCUT2D eigenvalue weighted by Gasteiger charge is 2.36. The highest BCUT2D eigenvalue weighted by atomic mass is 79.9. The number of esters is 1. The van der Waals surface area contributed by atoms with Crippen LogP contribution in [0.15, 0.2) is 26.3 Å². The molecular weight excluding hydrogens is 472 g/mol. The van der Waals surface area contributed by atoms with E-state index in [4.69, 9.17) is 14.2 Å². The third kappa shape index (κ3) is 3.83. The zero-order valence-corrected chi connectivity index (χ0v) is 18.0. The summed E-state index contributed by atoms with van der Waals surface area (Å²) in [6.07, 6.45) is 1.30. The number of carbonyl (C=O) groups is 2. The molecule has 2 amide bonds. The second-order valence-corrected chi connectivity index (χ2v) is 7.14. The number of amides is 2. The normalized spacial score (nSPS) is 16.7. The summed E-state index contributed by atoms with van der Waals surface area (Å²) >= 11 is 6.92. The number of allylic oxidation sites excluding steroid dienone is 1. The molecule has 0 radical (unpaired) electrons. The van der Waals surface area contributed by atoms with Crippen molar-refractivity contribution >= 4 is 43.9 Å². The van der Waals surface area contributed by atoms with Gasteiger partial charge in [0.2, 0.25) is 0 Å². The average Bonchev–Trinajstić information content (AvgIpc) is 2.60. The van der Waals surface area contributed by atoms with Gasteiger partial charge in [0.25, 0.3) is 0 Å². The molecule has 1 aromatic carbocycles. The maximum atomic E-state index is 12.5. The van der Waals surface area contributed by atoms with Crippen LogP contribution in [0.5, 0.6) is 11.5 Å². The van der Waals surface area contributed by atoms with E-state index in [2.05, 4.69) is 42.5 Å². The lowest BCUT2D eigenvalue weighted by Gasteiger charge is -2.30. The number of hydrogen-bond donors (Lipinski definition) is 2. The van der Waals surface area contributed by atoms with Crippen molar-refractivity contribution in [1.29, 1.82) is 0 Å². The lowest BCUT2D eigenvalue weighted by molar-refractivity contribution is -0.136. The summed E-state index contributed by atoms with van der Waals surface area (Å²) in [7, 11) is 4.35. The first-order valence-electron chi connectivity index (χ1n) is 7.88. The minimum Gasteiger partial charge on any atom is -0.495 e. The molecule has 0 saturated carbocycles. The van der Waals surface area contributed by atoms with Crippen molar-refractivity contribution in [2.24, 2.45) is 0 Å². The molecule has 0 aromatic heterocycles. The summed E-state index contributed by atoms with van der Waals surface area (Å²) in [4.78, 5) is 24.7. The number of urea groups is 1. The molecule has 1 heterocycles. The highest BCUT2D eigenvalue weighted by Crippen LogP contribution is 2.46. The Balaban J connectivity index is 2.73. The summed E-state index contributed by atoms with van der Waals surface area (Å²) < 4.78 is 17.1. The second-order valence-electron chi connectivity index (χ2n) is 5.49. The number of nitrogens with one attached hydrogen (secondary N) is 2. The minimum atomic E-state index is -0.730. The molecule has 0 aliphatic carbocycles. The Morgan fingerprint density at radius 1 is 1.19 bits per heavy atom. The highest BCUT2D eigenvalue weighted by molar-refractivity contribution is 9.11. The molecule has 9 heteroatoms. The number of halogens is 2. The van der Waals surface area contributed by atoms with E-state index in [9.17, 15) is 9.59 Å². The van der Waals surface area contributed by atoms with Crippen LogP contribution < -0.4 is 20.1 Å². The number of methoxy groups -OCH3 is 3. The topological polar surface area (TPSA) is 85.9 Å². The lowest BCUT2D eigenvalue weighted by atomic mass is 9.93. The summed E-state index contributed by atoms with van der Waals surface area (Å²) in [5.41, 5.74) is 1.48. The molecule has 26 heavy (non-hydrogen) atoms. The predicted molar refractivity (Wildman–Crippen MR) is 103 cm³/mol. The Hall–Kier alpha value is -1.74. The van der Waals surface area contributed by atoms with Crippen molar-refractivity contribution in [3.05, 3.63) is 31.8 Å². The molecule has 1 atom stereocenters. The average molecular weight is 492 g/mol. The molecular formula is C17H20Br2N2O5. The van der Waals surface area contributed by atoms with E-state index in [-0.39, 0.29) is 0 Å². The van der Waals surface area contributed by atoms with Crippen LogP contribution in [-0.4, -0.2) is 33.3 Å². The molecule has 7 nitrogen and oxygen atoms in total. The Labute approximate surface area is 168 Å². The Morgan fingerprint density at radius 3 is 2.38 bits per heavy atom. The van der Waals surface area contributed by atoms with Gasteiger partial charge in [-0.15, -0.1) is 0 Å². The van der Waals surface area contributed by atoms with Crippen molar-refractivity contribution in [1.82, 2.24) is 10.6 Å². The quantitative estimate of drug-likeness (QED) is 0.591. The fourth-order valence-electron chi connectivity index (χ4n) is 2.86. The van der Waals surface area contributed by atoms with Crippen molar-refractivity contribution < 1.29 is 23.8 Å². The van der Waals surface area contributed by atoms with Crippen molar-refractivity contribution in [3.8, 4) is 11.5 Å². The van der Waals surface area contributed by atoms with E-state index in [0.29, 0.717) is 43.7 Å². The lowest BCUT2D eigenvalue weighted by Crippen LogP contribution is -2.46. The largest absolute Gasteiger partial charge is 0.495 e. The molecule has 0 fully saturated rings. The Kier molecular flexibility index (Phi) is 6.94. The van der Waals surface area contributed by atoms with E-state index in [1.54, 1.807) is 6.07 Å². The molecule has 0 spiro atoms. The van der Waals surface area contributed by atoms with Crippen LogP contribution in [0.3, 0.4) is 0 Å². The molecule has 0 saturated heterocycles. The van der Waals surface area contributed by atoms with Gasteiger partial charge in [-0.25, -0.2) is 9.59 Å². The third-order valence-electron chi connectivity index (χ3n) is 3.94. The maximum Gasteiger partial charge on any atom is 0.337 e. The Morgan fingerprint density at radius 2 is 1.85 bits per heavy atom. The van der Waals surface area contributed by atoms with E-state index in [0.717, 1.165) is 6.42 Å². The molecule has 1 aromatic rings. The molecule has 142 valence electrons. The standard InChI is InChI=1S/C17H20Br2N2O5/c1-5-6-10-11(16(22)26-4)13(21-17(23)20-10)8-7-9(18)15(25-3)12(19)14(8)24-2/h7,13H,5-6H2,1-4H3,(H2,20,21,23). The van der Waals surface area contributed by atoms with Gasteiger partial charge < -0.3 is 24.8 Å². The SMILES string of the molecule is CCCC1=C(C(=O)OC)C(c2cc(Br)c(OC)c(Br)c2OC)NC(=O)N1. The number of carbonyl (C=O) groups excluding carboxylic acids is 2. The van der Waals surface area contributed by atoms with Gasteiger partial charge in [-0.05, 0) is 44.3 Å². The second kappa shape index (κ2) is 8.77. The van der Waals surface area contributed by atoms with Crippen LogP contribution in [0.1, 0.15) is 31.4 Å². The fraction of sp³-hybridized carbons (Fsp3) is 0.412. The van der Waals surface area contributed by atoms with Gasteiger partial charge >= 0.3 is 12.0 Å². The predicted octanol–water partition coefficient (Wildman–Crippen LogP) is 3.81. The molecule has 2 rings (SSSR count). The first-order valence-corrected chi connectivity index (χ1v) is 9.46. The van der Waals surface area contributed by atoms with Crippen molar-refractivity contribution in [3.63, 3.8) is 0 Å². The number of rotatable bonds is 6. The molecule has 1 unspecified atom stereocenters. The van der Waals surface area contributed by atoms with E-state index < -0.39 is 18.0 Å². The number of hydrogen-bond acceptors (Lipinski definition) is 5. The van der Waals surface area contributed by atoms with Crippen molar-refractivity contribution in [2.45, 2.75) is 25.8 Å². The van der Waals surface area contributed by atoms with Gasteiger partial charge in [0.05, 0.1) is 37.4 Å². The van der Waals surface area contributed by atoms with Crippen LogP contribution in [0.25, 0.3) is 0 Å². The van der Waals surface area contributed by atoms with E-state index in [1.165, 1.54) is 21.3 Å². The molecule has 0 bridgehead atoms. The van der Waals surface area contributed by atoms with Crippen LogP contribution in [0.2, 0.25) is 0 Å². The first kappa shape index (κ1) is 20.6. The number of benzene rings is 1. The van der Waals surface area contributed by atoms with Crippen LogP contribution >= 0.6 is 31.9 Å². The van der Waals surface area contributed by atoms with Crippen LogP contribution in [0, 0.1) is 0 Å². The maximum absolute atomic E-state index is 12.5. The molecule has 1 aliphatic rings. The van der Waals surface area contributed by atoms with Gasteiger partial charge in [0, 0.05) is 11.3 Å². The van der Waals surface area contributed by atoms with Crippen molar-refractivity contribution in [2.75, 3.05) is 21.3 Å². The van der Waals surface area contributed by atoms with Gasteiger partial charge in [-0.1, -0.05) is 13.3 Å². The summed E-state index contributed by atoms with van der Waals surface area (Å²) in [5, 5.41) is 5.49. The summed E-state index contributed by atoms with van der Waals surface area (Å²) in [6, 6.07) is 0.632. The van der Waals surface area contributed by atoms with E-state index in [1.807, 2.05) is 6.92 Å². The molecule has 2 N–H and O–H groups in total. The van der Waals surface area contributed by atoms with E-state index >= 15 is 0 Å². The zero-order chi connectivity index (χ0) is 19.4. The monoisotopic (exact) mass is 490 g/mol. The number of ether oxygens (including phenoxy) is 3. The summed E-state index contributed by atoms with van der Waals surface area (Å²) in [5.74, 6) is 0.480. The van der Waals surface area contributed by atoms with Gasteiger partial charge in [-0.3, -0.25) is 0 Å². The summed E-state index contributed by atoms with van der Waals surface area (Å²) in [6.45, 7) is 1.96. The van der Waals surface area contributed by atoms with Gasteiger partial charge in [0.1, 0.15) is 10.2 Å². The molecule has 1 aliphatic heterocycles. The smallest absolute Gasteiger partial charge is 0.337 e. The van der Waals surface area contributed by atoms with Gasteiger partial charge in [-0.2, -0.15) is 0 Å². The van der Waals surface area contributed by atoms with Gasteiger partial charge in [0.15, 0.2) is 5.75 Å². The van der Waals surface area contributed by atoms with Crippen LogP contribution in [0.4, 0.5) is 4.79 Å². The Bertz CT molecular complexity index is 764. The first-order chi connectivity index (χ1) is 12.4.